The molecule has 130 valence electrons. The summed E-state index contributed by atoms with van der Waals surface area (Å²) >= 11 is 0. The molecule has 0 atom stereocenters. The SMILES string of the molecule is CC(C)c1cccc(N(C)CCN2C(=O)NC3(CCCC3)C2=O)c1. The molecule has 3 amide bonds. The summed E-state index contributed by atoms with van der Waals surface area (Å²) in [4.78, 5) is 28.4. The summed E-state index contributed by atoms with van der Waals surface area (Å²) in [5, 5.41) is 2.94. The number of benzene rings is 1. The van der Waals surface area contributed by atoms with E-state index >= 15 is 0 Å². The molecular weight excluding hydrogens is 302 g/mol. The second-order valence-electron chi connectivity index (χ2n) is 7.35. The Morgan fingerprint density at radius 2 is 1.96 bits per heavy atom. The maximum Gasteiger partial charge on any atom is 0.325 e. The summed E-state index contributed by atoms with van der Waals surface area (Å²) in [6, 6.07) is 8.20. The number of amides is 3. The highest BCUT2D eigenvalue weighted by Crippen LogP contribution is 2.35. The van der Waals surface area contributed by atoms with Crippen molar-refractivity contribution in [1.82, 2.24) is 10.2 Å². The molecule has 24 heavy (non-hydrogen) atoms. The number of carbonyl (C=O) groups is 2. The maximum atomic E-state index is 12.7. The Balaban J connectivity index is 1.64. The molecule has 1 aromatic carbocycles. The van der Waals surface area contributed by atoms with Crippen LogP contribution in [-0.2, 0) is 4.79 Å². The normalized spacial score (nSPS) is 19.4. The molecule has 1 saturated heterocycles. The van der Waals surface area contributed by atoms with Gasteiger partial charge in [0.25, 0.3) is 5.91 Å². The number of imide groups is 1. The zero-order valence-electron chi connectivity index (χ0n) is 14.8. The van der Waals surface area contributed by atoms with E-state index < -0.39 is 5.54 Å². The fourth-order valence-electron chi connectivity index (χ4n) is 3.70. The van der Waals surface area contributed by atoms with Gasteiger partial charge in [-0.1, -0.05) is 38.8 Å². The van der Waals surface area contributed by atoms with Crippen molar-refractivity contribution in [3.05, 3.63) is 29.8 Å². The van der Waals surface area contributed by atoms with Gasteiger partial charge in [-0.05, 0) is 36.5 Å². The van der Waals surface area contributed by atoms with Crippen LogP contribution in [0.1, 0.15) is 51.0 Å². The van der Waals surface area contributed by atoms with Crippen molar-refractivity contribution in [1.29, 1.82) is 0 Å². The summed E-state index contributed by atoms with van der Waals surface area (Å²) in [6.45, 7) is 5.41. The molecule has 1 N–H and O–H groups in total. The molecule has 1 spiro atoms. The van der Waals surface area contributed by atoms with E-state index in [1.807, 2.05) is 7.05 Å². The van der Waals surface area contributed by atoms with Crippen LogP contribution in [0.4, 0.5) is 10.5 Å². The summed E-state index contributed by atoms with van der Waals surface area (Å²) < 4.78 is 0. The summed E-state index contributed by atoms with van der Waals surface area (Å²) in [7, 11) is 2.00. The van der Waals surface area contributed by atoms with E-state index in [1.54, 1.807) is 0 Å². The van der Waals surface area contributed by atoms with Crippen LogP contribution in [0, 0.1) is 0 Å². The Hall–Kier alpha value is -2.04. The highest BCUT2D eigenvalue weighted by atomic mass is 16.2. The Morgan fingerprint density at radius 3 is 2.62 bits per heavy atom. The number of rotatable bonds is 5. The van der Waals surface area contributed by atoms with Crippen LogP contribution in [-0.4, -0.2) is 42.5 Å². The third-order valence-electron chi connectivity index (χ3n) is 5.34. The van der Waals surface area contributed by atoms with Gasteiger partial charge in [-0.3, -0.25) is 9.69 Å². The van der Waals surface area contributed by atoms with E-state index in [-0.39, 0.29) is 11.9 Å². The molecule has 1 heterocycles. The smallest absolute Gasteiger partial charge is 0.325 e. The minimum absolute atomic E-state index is 0.0330. The molecule has 0 bridgehead atoms. The topological polar surface area (TPSA) is 52.6 Å². The minimum Gasteiger partial charge on any atom is -0.373 e. The van der Waals surface area contributed by atoms with Gasteiger partial charge in [0.1, 0.15) is 5.54 Å². The van der Waals surface area contributed by atoms with Crippen LogP contribution >= 0.6 is 0 Å². The van der Waals surface area contributed by atoms with E-state index in [9.17, 15) is 9.59 Å². The average Bonchev–Trinajstić information content (AvgIpc) is 3.12. The Bertz CT molecular complexity index is 635. The molecule has 0 aromatic heterocycles. The lowest BCUT2D eigenvalue weighted by Gasteiger charge is -2.24. The highest BCUT2D eigenvalue weighted by molar-refractivity contribution is 6.07. The second-order valence-corrected chi connectivity index (χ2v) is 7.35. The van der Waals surface area contributed by atoms with E-state index in [4.69, 9.17) is 0 Å². The van der Waals surface area contributed by atoms with Crippen molar-refractivity contribution in [2.75, 3.05) is 25.0 Å². The van der Waals surface area contributed by atoms with Gasteiger partial charge >= 0.3 is 6.03 Å². The molecule has 2 aliphatic rings. The molecule has 1 aliphatic heterocycles. The third kappa shape index (κ3) is 2.99. The summed E-state index contributed by atoms with van der Waals surface area (Å²) in [5.41, 5.74) is 1.80. The lowest BCUT2D eigenvalue weighted by atomic mass is 9.98. The first-order valence-electron chi connectivity index (χ1n) is 8.88. The molecule has 0 unspecified atom stereocenters. The quantitative estimate of drug-likeness (QED) is 0.845. The largest absolute Gasteiger partial charge is 0.373 e. The van der Waals surface area contributed by atoms with E-state index in [2.05, 4.69) is 48.3 Å². The minimum atomic E-state index is -0.604. The third-order valence-corrected chi connectivity index (χ3v) is 5.34. The first-order valence-corrected chi connectivity index (χ1v) is 8.88. The average molecular weight is 329 g/mol. The van der Waals surface area contributed by atoms with Crippen LogP contribution in [0.15, 0.2) is 24.3 Å². The molecule has 0 radical (unpaired) electrons. The summed E-state index contributed by atoms with van der Waals surface area (Å²) in [6.07, 6.45) is 3.59. The fraction of sp³-hybridized carbons (Fsp3) is 0.579. The van der Waals surface area contributed by atoms with Gasteiger partial charge in [-0.15, -0.1) is 0 Å². The monoisotopic (exact) mass is 329 g/mol. The zero-order valence-corrected chi connectivity index (χ0v) is 14.8. The standard InChI is InChI=1S/C19H27N3O2/c1-14(2)15-7-6-8-16(13-15)21(3)11-12-22-17(23)19(20-18(22)24)9-4-5-10-19/h6-8,13-14H,4-5,9-12H2,1-3H3,(H,20,24). The lowest BCUT2D eigenvalue weighted by molar-refractivity contribution is -0.131. The maximum absolute atomic E-state index is 12.7. The van der Waals surface area contributed by atoms with Gasteiger partial charge < -0.3 is 10.2 Å². The van der Waals surface area contributed by atoms with Gasteiger partial charge in [-0.25, -0.2) is 4.79 Å². The van der Waals surface area contributed by atoms with Crippen LogP contribution in [0.3, 0.4) is 0 Å². The van der Waals surface area contributed by atoms with Crippen LogP contribution in [0.2, 0.25) is 0 Å². The molecule has 1 aliphatic carbocycles. The predicted octanol–water partition coefficient (Wildman–Crippen LogP) is 3.11. The first-order chi connectivity index (χ1) is 11.4. The fourth-order valence-corrected chi connectivity index (χ4v) is 3.70. The summed E-state index contributed by atoms with van der Waals surface area (Å²) in [5.74, 6) is 0.445. The number of nitrogens with zero attached hydrogens (tertiary/aromatic N) is 2. The number of hydrogen-bond donors (Lipinski definition) is 1. The van der Waals surface area contributed by atoms with Crippen molar-refractivity contribution in [2.45, 2.75) is 51.0 Å². The van der Waals surface area contributed by atoms with E-state index in [1.165, 1.54) is 10.5 Å². The van der Waals surface area contributed by atoms with E-state index in [0.29, 0.717) is 19.0 Å². The molecule has 5 heteroatoms. The van der Waals surface area contributed by atoms with Crippen LogP contribution in [0.5, 0.6) is 0 Å². The van der Waals surface area contributed by atoms with Gasteiger partial charge in [0.05, 0.1) is 0 Å². The molecule has 2 fully saturated rings. The number of carbonyl (C=O) groups excluding carboxylic acids is 2. The number of nitrogens with one attached hydrogen (secondary N) is 1. The molecule has 3 rings (SSSR count). The number of hydrogen-bond acceptors (Lipinski definition) is 3. The van der Waals surface area contributed by atoms with Crippen molar-refractivity contribution < 1.29 is 9.59 Å². The second kappa shape index (κ2) is 6.46. The Morgan fingerprint density at radius 1 is 1.25 bits per heavy atom. The van der Waals surface area contributed by atoms with Crippen molar-refractivity contribution in [3.8, 4) is 0 Å². The first kappa shape index (κ1) is 16.8. The molecule has 1 saturated carbocycles. The van der Waals surface area contributed by atoms with Crippen molar-refractivity contribution >= 4 is 17.6 Å². The Labute approximate surface area is 144 Å². The van der Waals surface area contributed by atoms with Crippen molar-refractivity contribution in [2.24, 2.45) is 0 Å². The number of urea groups is 1. The van der Waals surface area contributed by atoms with Gasteiger partial charge in [0.15, 0.2) is 0 Å². The zero-order chi connectivity index (χ0) is 17.3. The van der Waals surface area contributed by atoms with Crippen LogP contribution in [0.25, 0.3) is 0 Å². The van der Waals surface area contributed by atoms with Gasteiger partial charge in [-0.2, -0.15) is 0 Å². The highest BCUT2D eigenvalue weighted by Gasteiger charge is 2.52. The van der Waals surface area contributed by atoms with E-state index in [0.717, 1.165) is 31.4 Å². The Kier molecular flexibility index (Phi) is 4.52. The molecular formula is C19H27N3O2. The molecule has 5 nitrogen and oxygen atoms in total. The van der Waals surface area contributed by atoms with Crippen LogP contribution < -0.4 is 10.2 Å². The lowest BCUT2D eigenvalue weighted by Crippen LogP contribution is -2.44. The van der Waals surface area contributed by atoms with Crippen molar-refractivity contribution in [3.63, 3.8) is 0 Å². The molecule has 1 aromatic rings. The number of likely N-dealkylation sites (N-methyl/N-ethyl adjacent to an activating group) is 1. The van der Waals surface area contributed by atoms with Gasteiger partial charge in [0.2, 0.25) is 0 Å². The van der Waals surface area contributed by atoms with Gasteiger partial charge in [0, 0.05) is 25.8 Å². The number of anilines is 1. The predicted molar refractivity (Wildman–Crippen MR) is 95.2 cm³/mol.